The number of carbonyl (C=O) groups excluding carboxylic acids is 1. The van der Waals surface area contributed by atoms with Crippen molar-refractivity contribution in [1.82, 2.24) is 14.7 Å². The van der Waals surface area contributed by atoms with Crippen LogP contribution in [0, 0.1) is 0 Å². The fraction of sp³-hybridized carbons (Fsp3) is 0.545. The van der Waals surface area contributed by atoms with Gasteiger partial charge in [-0.1, -0.05) is 0 Å². The Morgan fingerprint density at radius 2 is 2.06 bits per heavy atom. The van der Waals surface area contributed by atoms with E-state index < -0.39 is 5.97 Å². The average Bonchev–Trinajstić information content (AvgIpc) is 2.76. The fourth-order valence-corrected chi connectivity index (χ4v) is 1.48. The minimum absolute atomic E-state index is 0.000576. The van der Waals surface area contributed by atoms with Crippen LogP contribution in [0.3, 0.4) is 0 Å². The van der Waals surface area contributed by atoms with Crippen molar-refractivity contribution in [3.8, 4) is 0 Å². The summed E-state index contributed by atoms with van der Waals surface area (Å²) in [6, 6.07) is 1.61. The van der Waals surface area contributed by atoms with Gasteiger partial charge in [-0.05, 0) is 19.9 Å². The zero-order valence-corrected chi connectivity index (χ0v) is 10.1. The van der Waals surface area contributed by atoms with Gasteiger partial charge in [0, 0.05) is 19.3 Å². The average molecular weight is 239 g/mol. The molecule has 0 aliphatic carbocycles. The Hall–Kier alpha value is -1.85. The van der Waals surface area contributed by atoms with Gasteiger partial charge in [0.15, 0.2) is 0 Å². The molecule has 0 atom stereocenters. The van der Waals surface area contributed by atoms with Crippen molar-refractivity contribution in [3.63, 3.8) is 0 Å². The van der Waals surface area contributed by atoms with Crippen molar-refractivity contribution in [2.75, 3.05) is 13.1 Å². The molecule has 0 aliphatic rings. The van der Waals surface area contributed by atoms with Gasteiger partial charge in [-0.25, -0.2) is 0 Å². The molecule has 1 aromatic rings. The van der Waals surface area contributed by atoms with Crippen molar-refractivity contribution < 1.29 is 14.7 Å². The highest BCUT2D eigenvalue weighted by Gasteiger charge is 2.15. The Morgan fingerprint density at radius 3 is 2.59 bits per heavy atom. The molecule has 6 nitrogen and oxygen atoms in total. The van der Waals surface area contributed by atoms with Crippen LogP contribution in [0.4, 0.5) is 0 Å². The molecule has 1 amide bonds. The standard InChI is InChI=1S/C11H17N3O3/c1-3-13(4-2)11(17)9-5-7-14(12-9)8-6-10(15)16/h5,7H,3-4,6,8H2,1-2H3,(H,15,16). The number of hydrogen-bond donors (Lipinski definition) is 1. The Labute approximate surface area is 99.8 Å². The van der Waals surface area contributed by atoms with Crippen LogP contribution >= 0.6 is 0 Å². The molecule has 0 unspecified atom stereocenters. The second-order valence-electron chi connectivity index (χ2n) is 3.59. The van der Waals surface area contributed by atoms with Gasteiger partial charge in [0.2, 0.25) is 0 Å². The highest BCUT2D eigenvalue weighted by Crippen LogP contribution is 2.02. The van der Waals surface area contributed by atoms with E-state index in [9.17, 15) is 9.59 Å². The summed E-state index contributed by atoms with van der Waals surface area (Å²) in [6.07, 6.45) is 1.63. The van der Waals surface area contributed by atoms with Gasteiger partial charge >= 0.3 is 5.97 Å². The maximum Gasteiger partial charge on any atom is 0.305 e. The summed E-state index contributed by atoms with van der Waals surface area (Å²) >= 11 is 0. The van der Waals surface area contributed by atoms with Crippen LogP contribution < -0.4 is 0 Å². The molecule has 0 spiro atoms. The second kappa shape index (κ2) is 6.03. The van der Waals surface area contributed by atoms with Gasteiger partial charge in [0.05, 0.1) is 13.0 Å². The molecule has 1 rings (SSSR count). The third-order valence-electron chi connectivity index (χ3n) is 2.47. The Balaban J connectivity index is 2.67. The predicted octanol–water partition coefficient (Wildman–Crippen LogP) is 0.840. The van der Waals surface area contributed by atoms with Crippen LogP contribution in [-0.2, 0) is 11.3 Å². The summed E-state index contributed by atoms with van der Waals surface area (Å²) in [5, 5.41) is 12.6. The largest absolute Gasteiger partial charge is 0.481 e. The molecule has 0 saturated carbocycles. The number of nitrogens with zero attached hydrogens (tertiary/aromatic N) is 3. The lowest BCUT2D eigenvalue weighted by atomic mass is 10.3. The first kappa shape index (κ1) is 13.2. The first-order chi connectivity index (χ1) is 8.08. The number of carboxylic acids is 1. The number of aromatic nitrogens is 2. The van der Waals surface area contributed by atoms with E-state index in [2.05, 4.69) is 5.10 Å². The van der Waals surface area contributed by atoms with Gasteiger partial charge in [-0.2, -0.15) is 5.10 Å². The van der Waals surface area contributed by atoms with Crippen LogP contribution in [0.25, 0.3) is 0 Å². The second-order valence-corrected chi connectivity index (χ2v) is 3.59. The van der Waals surface area contributed by atoms with E-state index in [4.69, 9.17) is 5.11 Å². The van der Waals surface area contributed by atoms with Crippen molar-refractivity contribution in [1.29, 1.82) is 0 Å². The normalized spacial score (nSPS) is 10.2. The summed E-state index contributed by atoms with van der Waals surface area (Å²) in [7, 11) is 0. The predicted molar refractivity (Wildman–Crippen MR) is 61.7 cm³/mol. The summed E-state index contributed by atoms with van der Waals surface area (Å²) in [4.78, 5) is 24.0. The molecule has 1 heterocycles. The maximum absolute atomic E-state index is 11.9. The highest BCUT2D eigenvalue weighted by atomic mass is 16.4. The van der Waals surface area contributed by atoms with Crippen LogP contribution in [0.1, 0.15) is 30.8 Å². The summed E-state index contributed by atoms with van der Waals surface area (Å²) < 4.78 is 1.48. The number of aryl methyl sites for hydroxylation is 1. The lowest BCUT2D eigenvalue weighted by Crippen LogP contribution is -2.30. The first-order valence-electron chi connectivity index (χ1n) is 5.63. The monoisotopic (exact) mass is 239 g/mol. The number of hydrogen-bond acceptors (Lipinski definition) is 3. The van der Waals surface area contributed by atoms with Crippen LogP contribution in [0.15, 0.2) is 12.3 Å². The lowest BCUT2D eigenvalue weighted by Gasteiger charge is -2.16. The highest BCUT2D eigenvalue weighted by molar-refractivity contribution is 5.92. The van der Waals surface area contributed by atoms with Crippen molar-refractivity contribution in [2.45, 2.75) is 26.8 Å². The van der Waals surface area contributed by atoms with E-state index >= 15 is 0 Å². The quantitative estimate of drug-likeness (QED) is 0.798. The summed E-state index contributed by atoms with van der Waals surface area (Å²) in [6.45, 7) is 5.36. The molecule has 0 radical (unpaired) electrons. The molecule has 0 aromatic carbocycles. The topological polar surface area (TPSA) is 75.4 Å². The summed E-state index contributed by atoms with van der Waals surface area (Å²) in [5.74, 6) is -0.999. The van der Waals surface area contributed by atoms with E-state index in [-0.39, 0.29) is 18.9 Å². The van der Waals surface area contributed by atoms with Crippen molar-refractivity contribution in [2.24, 2.45) is 0 Å². The molecule has 6 heteroatoms. The summed E-state index contributed by atoms with van der Waals surface area (Å²) in [5.41, 5.74) is 0.360. The van der Waals surface area contributed by atoms with Gasteiger partial charge in [0.1, 0.15) is 5.69 Å². The van der Waals surface area contributed by atoms with Gasteiger partial charge in [-0.3, -0.25) is 14.3 Å². The Morgan fingerprint density at radius 1 is 1.41 bits per heavy atom. The number of aliphatic carboxylic acids is 1. The fourth-order valence-electron chi connectivity index (χ4n) is 1.48. The zero-order valence-electron chi connectivity index (χ0n) is 10.1. The van der Waals surface area contributed by atoms with E-state index in [0.717, 1.165) is 0 Å². The van der Waals surface area contributed by atoms with E-state index in [1.165, 1.54) is 4.68 Å². The van der Waals surface area contributed by atoms with E-state index in [1.807, 2.05) is 13.8 Å². The number of carbonyl (C=O) groups is 2. The van der Waals surface area contributed by atoms with Crippen molar-refractivity contribution in [3.05, 3.63) is 18.0 Å². The minimum Gasteiger partial charge on any atom is -0.481 e. The molecular formula is C11H17N3O3. The lowest BCUT2D eigenvalue weighted by molar-refractivity contribution is -0.137. The van der Waals surface area contributed by atoms with Crippen LogP contribution in [0.5, 0.6) is 0 Å². The SMILES string of the molecule is CCN(CC)C(=O)c1ccn(CCC(=O)O)n1. The smallest absolute Gasteiger partial charge is 0.305 e. The number of amides is 1. The molecule has 0 fully saturated rings. The van der Waals surface area contributed by atoms with Gasteiger partial charge in [-0.15, -0.1) is 0 Å². The first-order valence-corrected chi connectivity index (χ1v) is 5.63. The Kier molecular flexibility index (Phi) is 4.68. The minimum atomic E-state index is -0.878. The molecule has 1 N–H and O–H groups in total. The maximum atomic E-state index is 11.9. The van der Waals surface area contributed by atoms with Crippen molar-refractivity contribution >= 4 is 11.9 Å². The van der Waals surface area contributed by atoms with Gasteiger partial charge < -0.3 is 10.0 Å². The zero-order chi connectivity index (χ0) is 12.8. The molecule has 17 heavy (non-hydrogen) atoms. The van der Waals surface area contributed by atoms with Gasteiger partial charge in [0.25, 0.3) is 5.91 Å². The third-order valence-corrected chi connectivity index (χ3v) is 2.47. The molecule has 1 aromatic heterocycles. The molecular weight excluding hydrogens is 222 g/mol. The molecule has 0 bridgehead atoms. The van der Waals surface area contributed by atoms with E-state index in [1.54, 1.807) is 17.2 Å². The Bertz CT molecular complexity index is 396. The number of rotatable bonds is 6. The van der Waals surface area contributed by atoms with Crippen LogP contribution in [0.2, 0.25) is 0 Å². The third kappa shape index (κ3) is 3.58. The molecule has 94 valence electrons. The number of carboxylic acid groups (broad SMARTS) is 1. The molecule has 0 saturated heterocycles. The van der Waals surface area contributed by atoms with E-state index in [0.29, 0.717) is 18.8 Å². The van der Waals surface area contributed by atoms with Crippen LogP contribution in [-0.4, -0.2) is 44.8 Å². The molecule has 0 aliphatic heterocycles.